The van der Waals surface area contributed by atoms with Crippen molar-refractivity contribution in [3.8, 4) is 0 Å². The summed E-state index contributed by atoms with van der Waals surface area (Å²) >= 11 is 0. The third-order valence-corrected chi connectivity index (χ3v) is 4.68. The van der Waals surface area contributed by atoms with Gasteiger partial charge in [-0.05, 0) is 31.0 Å². The first-order chi connectivity index (χ1) is 10.1. The van der Waals surface area contributed by atoms with Crippen LogP contribution in [0, 0.1) is 0 Å². The van der Waals surface area contributed by atoms with E-state index in [4.69, 9.17) is 5.73 Å². The zero-order valence-electron chi connectivity index (χ0n) is 12.0. The molecule has 0 aromatic carbocycles. The van der Waals surface area contributed by atoms with E-state index in [2.05, 4.69) is 9.71 Å². The minimum Gasteiger partial charge on any atom is -0.349 e. The number of aromatic nitrogens is 2. The molecule has 0 saturated carbocycles. The quantitative estimate of drug-likeness (QED) is 0.794. The maximum Gasteiger partial charge on any atom is 0.242 e. The lowest BCUT2D eigenvalue weighted by molar-refractivity contribution is 0.581. The molecule has 0 aliphatic carbocycles. The molecule has 0 fully saturated rings. The van der Waals surface area contributed by atoms with Crippen molar-refractivity contribution in [2.24, 2.45) is 5.73 Å². The Balaban J connectivity index is 2.03. The van der Waals surface area contributed by atoms with Crippen molar-refractivity contribution in [2.75, 3.05) is 6.54 Å². The zero-order valence-corrected chi connectivity index (χ0v) is 12.8. The molecule has 6 nitrogen and oxygen atoms in total. The molecule has 0 aliphatic heterocycles. The molecule has 0 spiro atoms. The van der Waals surface area contributed by atoms with E-state index in [1.165, 1.54) is 0 Å². The predicted octanol–water partition coefficient (Wildman–Crippen LogP) is 0.883. The number of nitrogens with two attached hydrogens (primary N) is 1. The second-order valence-corrected chi connectivity index (χ2v) is 6.43. The Bertz CT molecular complexity index is 659. The highest BCUT2D eigenvalue weighted by Gasteiger charge is 2.17. The van der Waals surface area contributed by atoms with E-state index in [9.17, 15) is 8.42 Å². The van der Waals surface area contributed by atoms with Crippen molar-refractivity contribution in [2.45, 2.75) is 31.3 Å². The second kappa shape index (κ2) is 6.84. The van der Waals surface area contributed by atoms with Crippen LogP contribution in [0.3, 0.4) is 0 Å². The van der Waals surface area contributed by atoms with E-state index in [0.717, 1.165) is 11.3 Å². The van der Waals surface area contributed by atoms with Gasteiger partial charge in [0.05, 0.1) is 4.90 Å². The van der Waals surface area contributed by atoms with Gasteiger partial charge in [0.25, 0.3) is 0 Å². The van der Waals surface area contributed by atoms with Crippen LogP contribution in [0.2, 0.25) is 0 Å². The maximum atomic E-state index is 12.2. The predicted molar refractivity (Wildman–Crippen MR) is 81.1 cm³/mol. The van der Waals surface area contributed by atoms with Gasteiger partial charge in [0.15, 0.2) is 0 Å². The first-order valence-corrected chi connectivity index (χ1v) is 8.33. The maximum absolute atomic E-state index is 12.2. The molecule has 0 bridgehead atoms. The van der Waals surface area contributed by atoms with E-state index in [0.29, 0.717) is 26.1 Å². The minimum absolute atomic E-state index is 0.260. The number of pyridine rings is 1. The van der Waals surface area contributed by atoms with Gasteiger partial charge in [-0.1, -0.05) is 6.07 Å². The topological polar surface area (TPSA) is 90.0 Å². The van der Waals surface area contributed by atoms with Gasteiger partial charge in [0.2, 0.25) is 10.0 Å². The molecule has 0 radical (unpaired) electrons. The van der Waals surface area contributed by atoms with Gasteiger partial charge in [-0.2, -0.15) is 0 Å². The lowest BCUT2D eigenvalue weighted by Gasteiger charge is -2.05. The standard InChI is InChI=1S/C14H20N4O2S/c1-2-18-11-14(8-13(18)9-15)21(19,20)17-7-5-12-4-3-6-16-10-12/h3-4,6,8,10-11,17H,2,5,7,9,15H2,1H3. The summed E-state index contributed by atoms with van der Waals surface area (Å²) in [5.74, 6) is 0. The average molecular weight is 308 g/mol. The first kappa shape index (κ1) is 15.7. The SMILES string of the molecule is CCn1cc(S(=O)(=O)NCCc2cccnc2)cc1CN. The zero-order chi connectivity index (χ0) is 15.3. The van der Waals surface area contributed by atoms with E-state index in [1.54, 1.807) is 24.7 Å². The van der Waals surface area contributed by atoms with Crippen molar-refractivity contribution >= 4 is 10.0 Å². The molecule has 0 unspecified atom stereocenters. The highest BCUT2D eigenvalue weighted by atomic mass is 32.2. The van der Waals surface area contributed by atoms with Gasteiger partial charge in [0, 0.05) is 43.9 Å². The molecule has 21 heavy (non-hydrogen) atoms. The summed E-state index contributed by atoms with van der Waals surface area (Å²) in [6.45, 7) is 3.30. The van der Waals surface area contributed by atoms with Crippen LogP contribution in [0.25, 0.3) is 0 Å². The summed E-state index contributed by atoms with van der Waals surface area (Å²) in [4.78, 5) is 4.26. The van der Waals surface area contributed by atoms with Crippen LogP contribution in [0.5, 0.6) is 0 Å². The molecule has 0 aliphatic rings. The molecule has 2 heterocycles. The molecule has 2 aromatic rings. The highest BCUT2D eigenvalue weighted by Crippen LogP contribution is 2.14. The van der Waals surface area contributed by atoms with Gasteiger partial charge in [-0.25, -0.2) is 13.1 Å². The third-order valence-electron chi connectivity index (χ3n) is 3.25. The summed E-state index contributed by atoms with van der Waals surface area (Å²) in [7, 11) is -3.50. The lowest BCUT2D eigenvalue weighted by atomic mass is 10.2. The van der Waals surface area contributed by atoms with Gasteiger partial charge >= 0.3 is 0 Å². The van der Waals surface area contributed by atoms with Crippen LogP contribution in [0.4, 0.5) is 0 Å². The van der Waals surface area contributed by atoms with Crippen molar-refractivity contribution in [1.29, 1.82) is 0 Å². The van der Waals surface area contributed by atoms with Gasteiger partial charge < -0.3 is 10.3 Å². The summed E-state index contributed by atoms with van der Waals surface area (Å²) in [5, 5.41) is 0. The Hall–Kier alpha value is -1.70. The molecule has 2 aromatic heterocycles. The monoisotopic (exact) mass is 308 g/mol. The van der Waals surface area contributed by atoms with E-state index >= 15 is 0 Å². The van der Waals surface area contributed by atoms with Crippen LogP contribution in [-0.2, 0) is 29.5 Å². The lowest BCUT2D eigenvalue weighted by Crippen LogP contribution is -2.25. The average Bonchev–Trinajstić information content (AvgIpc) is 2.92. The van der Waals surface area contributed by atoms with Crippen molar-refractivity contribution < 1.29 is 8.42 Å². The normalized spacial score (nSPS) is 11.7. The molecular weight excluding hydrogens is 288 g/mol. The Morgan fingerprint density at radius 2 is 2.24 bits per heavy atom. The molecule has 3 N–H and O–H groups in total. The fourth-order valence-corrected chi connectivity index (χ4v) is 3.19. The minimum atomic E-state index is -3.50. The number of aryl methyl sites for hydroxylation is 1. The number of hydrogen-bond donors (Lipinski definition) is 2. The van der Waals surface area contributed by atoms with Gasteiger partial charge in [-0.15, -0.1) is 0 Å². The molecule has 7 heteroatoms. The van der Waals surface area contributed by atoms with Gasteiger partial charge in [-0.3, -0.25) is 4.98 Å². The Morgan fingerprint density at radius 3 is 2.81 bits per heavy atom. The molecule has 2 rings (SSSR count). The molecular formula is C14H20N4O2S. The third kappa shape index (κ3) is 3.90. The van der Waals surface area contributed by atoms with Crippen LogP contribution in [0.15, 0.2) is 41.7 Å². The fourth-order valence-electron chi connectivity index (χ4n) is 2.10. The van der Waals surface area contributed by atoms with Crippen LogP contribution in [0.1, 0.15) is 18.2 Å². The van der Waals surface area contributed by atoms with Crippen LogP contribution >= 0.6 is 0 Å². The largest absolute Gasteiger partial charge is 0.349 e. The van der Waals surface area contributed by atoms with E-state index in [-0.39, 0.29) is 4.90 Å². The second-order valence-electron chi connectivity index (χ2n) is 4.67. The number of sulfonamides is 1. The van der Waals surface area contributed by atoms with Crippen molar-refractivity contribution in [1.82, 2.24) is 14.3 Å². The molecule has 0 saturated heterocycles. The van der Waals surface area contributed by atoms with Crippen molar-refractivity contribution in [3.05, 3.63) is 48.0 Å². The Kier molecular flexibility index (Phi) is 5.11. The van der Waals surface area contributed by atoms with Crippen LogP contribution < -0.4 is 10.5 Å². The number of nitrogens with one attached hydrogen (secondary N) is 1. The first-order valence-electron chi connectivity index (χ1n) is 6.84. The van der Waals surface area contributed by atoms with Crippen LogP contribution in [-0.4, -0.2) is 24.5 Å². The number of rotatable bonds is 7. The summed E-state index contributed by atoms with van der Waals surface area (Å²) in [6.07, 6.45) is 5.64. The number of hydrogen-bond acceptors (Lipinski definition) is 4. The van der Waals surface area contributed by atoms with Crippen molar-refractivity contribution in [3.63, 3.8) is 0 Å². The highest BCUT2D eigenvalue weighted by molar-refractivity contribution is 7.89. The number of nitrogens with zero attached hydrogens (tertiary/aromatic N) is 2. The summed E-state index contributed by atoms with van der Waals surface area (Å²) < 4.78 is 28.9. The summed E-state index contributed by atoms with van der Waals surface area (Å²) in [5.41, 5.74) is 7.42. The molecule has 0 amide bonds. The molecule has 114 valence electrons. The Labute approximate surface area is 125 Å². The fraction of sp³-hybridized carbons (Fsp3) is 0.357. The van der Waals surface area contributed by atoms with Gasteiger partial charge in [0.1, 0.15) is 0 Å². The van der Waals surface area contributed by atoms with E-state index < -0.39 is 10.0 Å². The van der Waals surface area contributed by atoms with E-state index in [1.807, 2.05) is 23.6 Å². The smallest absolute Gasteiger partial charge is 0.242 e. The molecule has 0 atom stereocenters. The summed E-state index contributed by atoms with van der Waals surface area (Å²) in [6, 6.07) is 5.37. The Morgan fingerprint density at radius 1 is 1.43 bits per heavy atom.